The molecule has 0 heterocycles. The second kappa shape index (κ2) is 7.17. The van der Waals surface area contributed by atoms with Crippen LogP contribution in [0.25, 0.3) is 0 Å². The monoisotopic (exact) mass is 309 g/mol. The Morgan fingerprint density at radius 3 is 2.62 bits per heavy atom. The van der Waals surface area contributed by atoms with E-state index in [-0.39, 0.29) is 5.97 Å². The number of anilines is 1. The number of methoxy groups -OCH3 is 1. The van der Waals surface area contributed by atoms with Crippen LogP contribution in [0.3, 0.4) is 0 Å². The van der Waals surface area contributed by atoms with Gasteiger partial charge < -0.3 is 9.64 Å². The summed E-state index contributed by atoms with van der Waals surface area (Å²) in [5.41, 5.74) is 2.56. The third-order valence-electron chi connectivity index (χ3n) is 4.43. The lowest BCUT2D eigenvalue weighted by molar-refractivity contribution is 0.0600. The van der Waals surface area contributed by atoms with E-state index < -0.39 is 0 Å². The minimum absolute atomic E-state index is 0.326. The Kier molecular flexibility index (Phi) is 5.51. The highest BCUT2D eigenvalue weighted by Gasteiger charge is 2.21. The molecule has 21 heavy (non-hydrogen) atoms. The van der Waals surface area contributed by atoms with Crippen molar-refractivity contribution in [3.05, 3.63) is 28.3 Å². The summed E-state index contributed by atoms with van der Waals surface area (Å²) in [6.07, 6.45) is 5.29. The first-order valence-electron chi connectivity index (χ1n) is 7.70. The van der Waals surface area contributed by atoms with Crippen LogP contribution in [-0.4, -0.2) is 26.2 Å². The molecule has 0 bridgehead atoms. The maximum Gasteiger partial charge on any atom is 0.338 e. The molecule has 4 heteroatoms. The van der Waals surface area contributed by atoms with Gasteiger partial charge in [0.2, 0.25) is 0 Å². The van der Waals surface area contributed by atoms with Crippen molar-refractivity contribution >= 4 is 23.3 Å². The van der Waals surface area contributed by atoms with Gasteiger partial charge in [-0.2, -0.15) is 0 Å². The molecule has 1 aliphatic rings. The average Bonchev–Trinajstić information content (AvgIpc) is 2.99. The van der Waals surface area contributed by atoms with Crippen LogP contribution < -0.4 is 4.90 Å². The predicted octanol–water partition coefficient (Wildman–Crippen LogP) is 4.45. The van der Waals surface area contributed by atoms with E-state index in [9.17, 15) is 4.79 Å². The molecule has 0 aliphatic heterocycles. The maximum atomic E-state index is 11.9. The van der Waals surface area contributed by atoms with Gasteiger partial charge in [0, 0.05) is 23.8 Å². The molecule has 0 saturated heterocycles. The fraction of sp³-hybridized carbons (Fsp3) is 0.588. The molecule has 0 N–H and O–H groups in total. The molecule has 0 unspecified atom stereocenters. The van der Waals surface area contributed by atoms with E-state index in [1.54, 1.807) is 6.07 Å². The number of ether oxygens (including phenoxy) is 1. The summed E-state index contributed by atoms with van der Waals surface area (Å²) in [7, 11) is 1.40. The number of carbonyl (C=O) groups is 1. The number of hydrogen-bond acceptors (Lipinski definition) is 3. The predicted molar refractivity (Wildman–Crippen MR) is 87.4 cm³/mol. The third-order valence-corrected chi connectivity index (χ3v) is 4.64. The van der Waals surface area contributed by atoms with Crippen LogP contribution in [-0.2, 0) is 4.74 Å². The van der Waals surface area contributed by atoms with Gasteiger partial charge in [-0.1, -0.05) is 24.4 Å². The summed E-state index contributed by atoms with van der Waals surface area (Å²) >= 11 is 6.21. The van der Waals surface area contributed by atoms with E-state index >= 15 is 0 Å². The number of rotatable bonds is 5. The Hall–Kier alpha value is -1.22. The van der Waals surface area contributed by atoms with Gasteiger partial charge in [0.1, 0.15) is 0 Å². The highest BCUT2D eigenvalue weighted by Crippen LogP contribution is 2.32. The molecule has 0 spiro atoms. The van der Waals surface area contributed by atoms with Gasteiger partial charge in [-0.15, -0.1) is 0 Å². The zero-order chi connectivity index (χ0) is 15.4. The zero-order valence-electron chi connectivity index (χ0n) is 13.1. The van der Waals surface area contributed by atoms with Crippen molar-refractivity contribution in [2.45, 2.75) is 39.5 Å². The van der Waals surface area contributed by atoms with E-state index in [1.165, 1.54) is 32.8 Å². The number of hydrogen-bond donors (Lipinski definition) is 0. The minimum atomic E-state index is -0.326. The zero-order valence-corrected chi connectivity index (χ0v) is 13.9. The fourth-order valence-corrected chi connectivity index (χ4v) is 3.43. The molecule has 0 amide bonds. The molecule has 1 fully saturated rings. The van der Waals surface area contributed by atoms with E-state index in [1.807, 2.05) is 13.0 Å². The molecule has 0 aromatic heterocycles. The Balaban J connectivity index is 2.31. The van der Waals surface area contributed by atoms with Gasteiger partial charge in [0.15, 0.2) is 0 Å². The van der Waals surface area contributed by atoms with E-state index in [2.05, 4.69) is 11.8 Å². The van der Waals surface area contributed by atoms with Crippen molar-refractivity contribution < 1.29 is 9.53 Å². The lowest BCUT2D eigenvalue weighted by atomic mass is 10.0. The Bertz CT molecular complexity index is 510. The van der Waals surface area contributed by atoms with Crippen molar-refractivity contribution in [3.63, 3.8) is 0 Å². The minimum Gasteiger partial charge on any atom is -0.465 e. The molecule has 2 rings (SSSR count). The van der Waals surface area contributed by atoms with Crippen LogP contribution in [0.2, 0.25) is 5.02 Å². The number of benzene rings is 1. The van der Waals surface area contributed by atoms with Crippen LogP contribution >= 0.6 is 11.6 Å². The summed E-state index contributed by atoms with van der Waals surface area (Å²) in [5.74, 6) is 0.429. The first kappa shape index (κ1) is 16.2. The lowest BCUT2D eigenvalue weighted by Gasteiger charge is -2.28. The number of carbonyl (C=O) groups excluding carboxylic acids is 1. The Morgan fingerprint density at radius 2 is 2.05 bits per heavy atom. The standard InChI is InChI=1S/C17H24ClNO2/c1-4-19(11-13-7-5-6-8-13)16-10-14(18)9-15(12(16)2)17(20)21-3/h9-10,13H,4-8,11H2,1-3H3. The summed E-state index contributed by atoms with van der Waals surface area (Å²) in [6, 6.07) is 3.65. The first-order valence-corrected chi connectivity index (χ1v) is 8.08. The number of halogens is 1. The summed E-state index contributed by atoms with van der Waals surface area (Å²) < 4.78 is 4.86. The molecular formula is C17H24ClNO2. The highest BCUT2D eigenvalue weighted by atomic mass is 35.5. The van der Waals surface area contributed by atoms with Crippen LogP contribution in [0, 0.1) is 12.8 Å². The molecule has 1 aromatic rings. The second-order valence-corrected chi connectivity index (χ2v) is 6.21. The first-order chi connectivity index (χ1) is 10.1. The van der Waals surface area contributed by atoms with Crippen LogP contribution in [0.15, 0.2) is 12.1 Å². The molecule has 1 aliphatic carbocycles. The molecular weight excluding hydrogens is 286 g/mol. The van der Waals surface area contributed by atoms with Gasteiger partial charge in [-0.05, 0) is 50.3 Å². The normalized spacial score (nSPS) is 15.2. The summed E-state index contributed by atoms with van der Waals surface area (Å²) in [6.45, 7) is 6.07. The number of nitrogens with zero attached hydrogens (tertiary/aromatic N) is 1. The average molecular weight is 310 g/mol. The summed E-state index contributed by atoms with van der Waals surface area (Å²) in [4.78, 5) is 14.2. The maximum absolute atomic E-state index is 11.9. The SMILES string of the molecule is CCN(CC1CCCC1)c1cc(Cl)cc(C(=O)OC)c1C. The second-order valence-electron chi connectivity index (χ2n) is 5.78. The van der Waals surface area contributed by atoms with E-state index in [0.29, 0.717) is 10.6 Å². The van der Waals surface area contributed by atoms with Crippen molar-refractivity contribution in [2.24, 2.45) is 5.92 Å². The van der Waals surface area contributed by atoms with Gasteiger partial charge in [0.05, 0.1) is 12.7 Å². The van der Waals surface area contributed by atoms with Crippen LogP contribution in [0.5, 0.6) is 0 Å². The topological polar surface area (TPSA) is 29.5 Å². The molecule has 3 nitrogen and oxygen atoms in total. The fourth-order valence-electron chi connectivity index (χ4n) is 3.22. The smallest absolute Gasteiger partial charge is 0.338 e. The highest BCUT2D eigenvalue weighted by molar-refractivity contribution is 6.31. The quantitative estimate of drug-likeness (QED) is 0.752. The lowest BCUT2D eigenvalue weighted by Crippen LogP contribution is -2.29. The van der Waals surface area contributed by atoms with E-state index in [0.717, 1.165) is 30.3 Å². The van der Waals surface area contributed by atoms with Crippen molar-refractivity contribution in [3.8, 4) is 0 Å². The van der Waals surface area contributed by atoms with Crippen molar-refractivity contribution in [1.82, 2.24) is 0 Å². The molecule has 1 aromatic carbocycles. The van der Waals surface area contributed by atoms with Crippen LogP contribution in [0.1, 0.15) is 48.5 Å². The van der Waals surface area contributed by atoms with Gasteiger partial charge in [-0.25, -0.2) is 4.79 Å². The van der Waals surface area contributed by atoms with Crippen molar-refractivity contribution in [1.29, 1.82) is 0 Å². The number of esters is 1. The third kappa shape index (κ3) is 3.70. The summed E-state index contributed by atoms with van der Waals surface area (Å²) in [5, 5.41) is 0.584. The van der Waals surface area contributed by atoms with Crippen LogP contribution in [0.4, 0.5) is 5.69 Å². The van der Waals surface area contributed by atoms with Gasteiger partial charge in [-0.3, -0.25) is 0 Å². The molecule has 0 radical (unpaired) electrons. The Morgan fingerprint density at radius 1 is 1.38 bits per heavy atom. The molecule has 1 saturated carbocycles. The Labute approximate surface area is 132 Å². The van der Waals surface area contributed by atoms with Gasteiger partial charge >= 0.3 is 5.97 Å². The largest absolute Gasteiger partial charge is 0.465 e. The molecule has 0 atom stereocenters. The van der Waals surface area contributed by atoms with Crippen molar-refractivity contribution in [2.75, 3.05) is 25.1 Å². The van der Waals surface area contributed by atoms with Gasteiger partial charge in [0.25, 0.3) is 0 Å². The molecule has 116 valence electrons. The van der Waals surface area contributed by atoms with E-state index in [4.69, 9.17) is 16.3 Å².